The Morgan fingerprint density at radius 2 is 1.92 bits per heavy atom. The van der Waals surface area contributed by atoms with Crippen molar-refractivity contribution in [2.24, 2.45) is 10.9 Å². The molecule has 0 saturated heterocycles. The Kier molecular flexibility index (Phi) is 8.45. The van der Waals surface area contributed by atoms with Crippen molar-refractivity contribution in [2.45, 2.75) is 26.3 Å². The monoisotopic (exact) mass is 528 g/mol. The lowest BCUT2D eigenvalue weighted by molar-refractivity contribution is -0.384. The maximum Gasteiger partial charge on any atom is 0.336 e. The van der Waals surface area contributed by atoms with Gasteiger partial charge in [-0.25, -0.2) is 9.78 Å². The number of allylic oxidation sites excluding steroid dienone is 1. The predicted octanol–water partition coefficient (Wildman–Crippen LogP) is 4.72. The van der Waals surface area contributed by atoms with Crippen molar-refractivity contribution in [3.05, 3.63) is 111 Å². The van der Waals surface area contributed by atoms with Crippen molar-refractivity contribution in [1.82, 2.24) is 9.55 Å². The molecule has 2 atom stereocenters. The number of ether oxygens (including phenoxy) is 2. The van der Waals surface area contributed by atoms with E-state index >= 15 is 0 Å². The third kappa shape index (κ3) is 6.35. The Hall–Kier alpha value is -4.86. The lowest BCUT2D eigenvalue weighted by atomic mass is 9.75. The van der Waals surface area contributed by atoms with Gasteiger partial charge in [0.25, 0.3) is 5.69 Å². The molecule has 0 amide bonds. The molecule has 1 aromatic heterocycles. The Morgan fingerprint density at radius 3 is 2.59 bits per heavy atom. The number of benzene rings is 2. The number of hydrogen-bond donors (Lipinski definition) is 0. The first-order valence-electron chi connectivity index (χ1n) is 12.2. The van der Waals surface area contributed by atoms with E-state index in [2.05, 4.69) is 9.98 Å². The van der Waals surface area contributed by atoms with Crippen LogP contribution in [0.25, 0.3) is 6.08 Å². The Labute approximate surface area is 225 Å². The van der Waals surface area contributed by atoms with Gasteiger partial charge in [-0.1, -0.05) is 42.5 Å². The number of nitro benzene ring substituents is 1. The second-order valence-corrected chi connectivity index (χ2v) is 9.06. The Bertz CT molecular complexity index is 1460. The SMILES string of the molecule is COC(=O)C1C(C)=NC(C)=C(C(=O)OCC=Cc2ccc(Cn3ccnc3)cc2)C1c1cccc([N+](=O)[O-])c1. The zero-order valence-electron chi connectivity index (χ0n) is 21.8. The van der Waals surface area contributed by atoms with Crippen molar-refractivity contribution >= 4 is 29.4 Å². The largest absolute Gasteiger partial charge is 0.468 e. The molecule has 1 aliphatic rings. The Balaban J connectivity index is 1.51. The first kappa shape index (κ1) is 27.2. The van der Waals surface area contributed by atoms with Crippen molar-refractivity contribution in [3.63, 3.8) is 0 Å². The summed E-state index contributed by atoms with van der Waals surface area (Å²) in [6, 6.07) is 13.8. The molecule has 200 valence electrons. The number of methoxy groups -OCH3 is 1. The lowest BCUT2D eigenvalue weighted by Crippen LogP contribution is -2.36. The highest BCUT2D eigenvalue weighted by molar-refractivity contribution is 6.07. The van der Waals surface area contributed by atoms with E-state index < -0.39 is 28.7 Å². The normalized spacial score (nSPS) is 17.2. The second kappa shape index (κ2) is 12.1. The summed E-state index contributed by atoms with van der Waals surface area (Å²) in [6.07, 6.45) is 8.95. The fraction of sp³-hybridized carbons (Fsp3) is 0.241. The number of aliphatic imine (C=N–C) groups is 1. The van der Waals surface area contributed by atoms with Crippen LogP contribution in [0.2, 0.25) is 0 Å². The second-order valence-electron chi connectivity index (χ2n) is 9.06. The van der Waals surface area contributed by atoms with Gasteiger partial charge in [-0.2, -0.15) is 0 Å². The van der Waals surface area contributed by atoms with Gasteiger partial charge in [-0.05, 0) is 36.6 Å². The third-order valence-electron chi connectivity index (χ3n) is 6.47. The molecule has 0 saturated carbocycles. The summed E-state index contributed by atoms with van der Waals surface area (Å²) in [6.45, 7) is 4.02. The number of nitro groups is 1. The summed E-state index contributed by atoms with van der Waals surface area (Å²) in [5.41, 5.74) is 3.32. The minimum absolute atomic E-state index is 0.0142. The molecular formula is C29H28N4O6. The van der Waals surface area contributed by atoms with Crippen molar-refractivity contribution < 1.29 is 24.0 Å². The molecular weight excluding hydrogens is 500 g/mol. The quantitative estimate of drug-likeness (QED) is 0.223. The van der Waals surface area contributed by atoms with Gasteiger partial charge in [0, 0.05) is 48.4 Å². The molecule has 10 nitrogen and oxygen atoms in total. The van der Waals surface area contributed by atoms with E-state index in [0.717, 1.165) is 17.7 Å². The van der Waals surface area contributed by atoms with E-state index in [1.165, 1.54) is 25.3 Å². The number of nitrogens with zero attached hydrogens (tertiary/aromatic N) is 4. The average Bonchev–Trinajstić information content (AvgIpc) is 3.44. The molecule has 39 heavy (non-hydrogen) atoms. The van der Waals surface area contributed by atoms with Gasteiger partial charge in [0.2, 0.25) is 0 Å². The highest BCUT2D eigenvalue weighted by atomic mass is 16.6. The number of imidazole rings is 1. The number of carbonyl (C=O) groups excluding carboxylic acids is 2. The van der Waals surface area contributed by atoms with Crippen LogP contribution in [0.4, 0.5) is 5.69 Å². The van der Waals surface area contributed by atoms with Crippen LogP contribution in [-0.2, 0) is 25.6 Å². The summed E-state index contributed by atoms with van der Waals surface area (Å²) in [4.78, 5) is 45.4. The van der Waals surface area contributed by atoms with Gasteiger partial charge >= 0.3 is 11.9 Å². The van der Waals surface area contributed by atoms with Gasteiger partial charge in [0.05, 0.1) is 23.9 Å². The van der Waals surface area contributed by atoms with E-state index in [0.29, 0.717) is 17.0 Å². The molecule has 0 radical (unpaired) electrons. The van der Waals surface area contributed by atoms with Crippen molar-refractivity contribution in [3.8, 4) is 0 Å². The number of aromatic nitrogens is 2. The van der Waals surface area contributed by atoms with Gasteiger partial charge in [0.15, 0.2) is 0 Å². The molecule has 0 aliphatic carbocycles. The zero-order valence-corrected chi connectivity index (χ0v) is 21.8. The van der Waals surface area contributed by atoms with E-state index in [4.69, 9.17) is 9.47 Å². The van der Waals surface area contributed by atoms with E-state index in [9.17, 15) is 19.7 Å². The summed E-state index contributed by atoms with van der Waals surface area (Å²) < 4.78 is 12.5. The molecule has 3 aromatic rings. The van der Waals surface area contributed by atoms with Crippen LogP contribution in [0.1, 0.15) is 36.5 Å². The van der Waals surface area contributed by atoms with Crippen molar-refractivity contribution in [2.75, 3.05) is 13.7 Å². The zero-order chi connectivity index (χ0) is 27.9. The fourth-order valence-corrected chi connectivity index (χ4v) is 4.64. The van der Waals surface area contributed by atoms with Crippen LogP contribution in [0, 0.1) is 16.0 Å². The highest BCUT2D eigenvalue weighted by Crippen LogP contribution is 2.40. The number of rotatable bonds is 9. The van der Waals surface area contributed by atoms with E-state index in [1.807, 2.05) is 41.1 Å². The molecule has 2 heterocycles. The topological polar surface area (TPSA) is 126 Å². The lowest BCUT2D eigenvalue weighted by Gasteiger charge is -2.31. The van der Waals surface area contributed by atoms with E-state index in [1.54, 1.807) is 38.5 Å². The summed E-state index contributed by atoms with van der Waals surface area (Å²) in [7, 11) is 1.25. The van der Waals surface area contributed by atoms with E-state index in [-0.39, 0.29) is 17.9 Å². The van der Waals surface area contributed by atoms with Gasteiger partial charge in [-0.3, -0.25) is 19.9 Å². The summed E-state index contributed by atoms with van der Waals surface area (Å²) in [5.74, 6) is -3.04. The molecule has 0 N–H and O–H groups in total. The standard InChI is InChI=1S/C29H28N4O6/c1-19-25(28(34)38-3)27(23-7-4-8-24(16-23)33(36)37)26(20(2)31-19)29(35)39-15-5-6-21-9-11-22(12-10-21)17-32-14-13-30-18-32/h4-14,16,18,25,27H,15,17H2,1-3H3. The molecule has 10 heteroatoms. The first-order valence-corrected chi connectivity index (χ1v) is 12.2. The van der Waals surface area contributed by atoms with Gasteiger partial charge < -0.3 is 14.0 Å². The van der Waals surface area contributed by atoms with Gasteiger partial charge in [-0.15, -0.1) is 0 Å². The molecule has 0 bridgehead atoms. The van der Waals surface area contributed by atoms with Crippen LogP contribution in [-0.4, -0.2) is 45.8 Å². The molecule has 1 aliphatic heterocycles. The maximum atomic E-state index is 13.3. The number of non-ortho nitro benzene ring substituents is 1. The van der Waals surface area contributed by atoms with Crippen LogP contribution in [0.15, 0.2) is 89.6 Å². The number of hydrogen-bond acceptors (Lipinski definition) is 8. The van der Waals surface area contributed by atoms with Crippen LogP contribution in [0.3, 0.4) is 0 Å². The fourth-order valence-electron chi connectivity index (χ4n) is 4.64. The smallest absolute Gasteiger partial charge is 0.336 e. The Morgan fingerprint density at radius 1 is 1.15 bits per heavy atom. The highest BCUT2D eigenvalue weighted by Gasteiger charge is 2.42. The maximum absolute atomic E-state index is 13.3. The molecule has 0 fully saturated rings. The summed E-state index contributed by atoms with van der Waals surface area (Å²) in [5, 5.41) is 11.4. The van der Waals surface area contributed by atoms with Gasteiger partial charge in [0.1, 0.15) is 12.5 Å². The molecule has 2 unspecified atom stereocenters. The summed E-state index contributed by atoms with van der Waals surface area (Å²) >= 11 is 0. The molecule has 2 aromatic carbocycles. The minimum atomic E-state index is -0.931. The van der Waals surface area contributed by atoms with Crippen molar-refractivity contribution in [1.29, 1.82) is 0 Å². The average molecular weight is 529 g/mol. The van der Waals surface area contributed by atoms with Crippen LogP contribution < -0.4 is 0 Å². The number of esters is 2. The molecule has 4 rings (SSSR count). The number of carbonyl (C=O) groups is 2. The molecule has 0 spiro atoms. The van der Waals surface area contributed by atoms with Crippen LogP contribution in [0.5, 0.6) is 0 Å². The minimum Gasteiger partial charge on any atom is -0.468 e. The first-order chi connectivity index (χ1) is 18.8. The predicted molar refractivity (Wildman–Crippen MR) is 145 cm³/mol. The third-order valence-corrected chi connectivity index (χ3v) is 6.47. The van der Waals surface area contributed by atoms with Crippen LogP contribution >= 0.6 is 0 Å².